The molecule has 0 saturated carbocycles. The van der Waals surface area contributed by atoms with Crippen molar-refractivity contribution in [3.63, 3.8) is 0 Å². The maximum Gasteiger partial charge on any atom is 0.259 e. The van der Waals surface area contributed by atoms with Crippen LogP contribution in [0.25, 0.3) is 10.2 Å². The van der Waals surface area contributed by atoms with Gasteiger partial charge in [0.1, 0.15) is 10.7 Å². The van der Waals surface area contributed by atoms with Gasteiger partial charge >= 0.3 is 0 Å². The Balaban J connectivity index is 1.83. The number of H-pyrrole nitrogens is 1. The van der Waals surface area contributed by atoms with Crippen molar-refractivity contribution in [2.75, 3.05) is 5.32 Å². The average Bonchev–Trinajstić information content (AvgIpc) is 3.02. The Morgan fingerprint density at radius 1 is 1.20 bits per heavy atom. The second kappa shape index (κ2) is 6.69. The zero-order valence-corrected chi connectivity index (χ0v) is 17.5. The van der Waals surface area contributed by atoms with E-state index < -0.39 is 0 Å². The molecule has 0 bridgehead atoms. The zero-order valence-electron chi connectivity index (χ0n) is 15.1. The summed E-state index contributed by atoms with van der Waals surface area (Å²) in [4.78, 5) is 21.9. The van der Waals surface area contributed by atoms with Crippen LogP contribution in [0.1, 0.15) is 49.2 Å². The fraction of sp³-hybridized carbons (Fsp3) is 0.500. The van der Waals surface area contributed by atoms with Crippen molar-refractivity contribution in [1.82, 2.24) is 20.2 Å². The third-order valence-corrected chi connectivity index (χ3v) is 6.74. The van der Waals surface area contributed by atoms with Crippen LogP contribution in [0.3, 0.4) is 0 Å². The van der Waals surface area contributed by atoms with E-state index in [4.69, 9.17) is 0 Å². The molecule has 0 aromatic carbocycles. The van der Waals surface area contributed by atoms with E-state index in [9.17, 15) is 4.79 Å². The number of aromatic amines is 1. The predicted octanol–water partition coefficient (Wildman–Crippen LogP) is 4.52. The van der Waals surface area contributed by atoms with Crippen LogP contribution in [0.15, 0.2) is 9.13 Å². The molecule has 3 rings (SSSR count). The van der Waals surface area contributed by atoms with Crippen molar-refractivity contribution in [3.05, 3.63) is 26.6 Å². The molecule has 1 atom stereocenters. The lowest BCUT2D eigenvalue weighted by Gasteiger charge is -2.18. The lowest BCUT2D eigenvalue weighted by atomic mass is 10.1. The molecule has 25 heavy (non-hydrogen) atoms. The minimum absolute atomic E-state index is 0.0183. The third kappa shape index (κ3) is 4.04. The van der Waals surface area contributed by atoms with Crippen molar-refractivity contribution >= 4 is 49.8 Å². The van der Waals surface area contributed by atoms with Crippen LogP contribution in [0, 0.1) is 13.8 Å². The maximum absolute atomic E-state index is 12.4. The topological polar surface area (TPSA) is 83.6 Å². The summed E-state index contributed by atoms with van der Waals surface area (Å²) in [5, 5.41) is 13.2. The molecule has 0 fully saturated rings. The Labute approximate surface area is 158 Å². The van der Waals surface area contributed by atoms with Gasteiger partial charge in [0.25, 0.3) is 5.56 Å². The van der Waals surface area contributed by atoms with Gasteiger partial charge in [-0.05, 0) is 47.1 Å². The second-order valence-electron chi connectivity index (χ2n) is 6.92. The number of anilines is 1. The normalized spacial score (nSPS) is 13.4. The molecule has 0 aliphatic rings. The molecule has 2 N–H and O–H groups in total. The van der Waals surface area contributed by atoms with Gasteiger partial charge in [-0.2, -0.15) is 0 Å². The molecule has 134 valence electrons. The van der Waals surface area contributed by atoms with Crippen LogP contribution in [0.4, 0.5) is 5.13 Å². The first-order valence-corrected chi connectivity index (χ1v) is 10.4. The van der Waals surface area contributed by atoms with E-state index in [1.54, 1.807) is 23.1 Å². The SMILES string of the molecule is Cc1sc2nc([C@H](C)Sc3nnc(NC(C)(C)C)s3)[nH]c(=O)c2c1C. The highest BCUT2D eigenvalue weighted by molar-refractivity contribution is 8.01. The minimum atomic E-state index is -0.0679. The Hall–Kier alpha value is -1.45. The van der Waals surface area contributed by atoms with E-state index in [1.165, 1.54) is 11.3 Å². The molecular formula is C16H21N5OS3. The number of hydrogen-bond donors (Lipinski definition) is 2. The first-order chi connectivity index (χ1) is 11.6. The molecule has 6 nitrogen and oxygen atoms in total. The Kier molecular flexibility index (Phi) is 4.91. The minimum Gasteiger partial charge on any atom is -0.355 e. The van der Waals surface area contributed by atoms with Gasteiger partial charge in [0.2, 0.25) is 5.13 Å². The molecule has 0 amide bonds. The van der Waals surface area contributed by atoms with Crippen molar-refractivity contribution in [2.45, 2.75) is 56.7 Å². The van der Waals surface area contributed by atoms with E-state index in [-0.39, 0.29) is 16.3 Å². The van der Waals surface area contributed by atoms with Gasteiger partial charge in [0.05, 0.1) is 10.6 Å². The summed E-state index contributed by atoms with van der Waals surface area (Å²) in [6.45, 7) is 12.2. The third-order valence-electron chi connectivity index (χ3n) is 3.61. The molecule has 9 heteroatoms. The number of nitrogens with one attached hydrogen (secondary N) is 2. The first kappa shape index (κ1) is 18.3. The quantitative estimate of drug-likeness (QED) is 0.632. The van der Waals surface area contributed by atoms with Crippen LogP contribution in [-0.2, 0) is 0 Å². The van der Waals surface area contributed by atoms with Crippen LogP contribution >= 0.6 is 34.4 Å². The monoisotopic (exact) mass is 395 g/mol. The Bertz CT molecular complexity index is 966. The highest BCUT2D eigenvalue weighted by atomic mass is 32.2. The zero-order chi connectivity index (χ0) is 18.4. The number of hydrogen-bond acceptors (Lipinski definition) is 8. The van der Waals surface area contributed by atoms with Gasteiger partial charge in [-0.25, -0.2) is 4.98 Å². The molecule has 0 aliphatic carbocycles. The summed E-state index contributed by atoms with van der Waals surface area (Å²) < 4.78 is 0.848. The average molecular weight is 396 g/mol. The summed E-state index contributed by atoms with van der Waals surface area (Å²) in [7, 11) is 0. The van der Waals surface area contributed by atoms with Gasteiger partial charge < -0.3 is 10.3 Å². The fourth-order valence-corrected chi connectivity index (χ4v) is 5.50. The fourth-order valence-electron chi connectivity index (χ4n) is 2.30. The van der Waals surface area contributed by atoms with Crippen LogP contribution < -0.4 is 10.9 Å². The van der Waals surface area contributed by atoms with E-state index in [2.05, 4.69) is 46.3 Å². The first-order valence-electron chi connectivity index (χ1n) is 7.92. The number of thiophene rings is 1. The smallest absolute Gasteiger partial charge is 0.259 e. The van der Waals surface area contributed by atoms with Crippen molar-refractivity contribution < 1.29 is 0 Å². The number of nitrogens with zero attached hydrogens (tertiary/aromatic N) is 3. The van der Waals surface area contributed by atoms with Crippen LogP contribution in [0.2, 0.25) is 0 Å². The molecule has 0 saturated heterocycles. The van der Waals surface area contributed by atoms with Gasteiger partial charge in [-0.3, -0.25) is 4.79 Å². The summed E-state index contributed by atoms with van der Waals surface area (Å²) in [5.74, 6) is 0.671. The predicted molar refractivity (Wildman–Crippen MR) is 107 cm³/mol. The van der Waals surface area contributed by atoms with Gasteiger partial charge in [0, 0.05) is 10.4 Å². The number of aryl methyl sites for hydroxylation is 2. The Morgan fingerprint density at radius 2 is 1.92 bits per heavy atom. The van der Waals surface area contributed by atoms with E-state index in [1.807, 2.05) is 20.8 Å². The summed E-state index contributed by atoms with van der Waals surface area (Å²) >= 11 is 4.62. The van der Waals surface area contributed by atoms with Crippen LogP contribution in [-0.4, -0.2) is 25.7 Å². The largest absolute Gasteiger partial charge is 0.355 e. The second-order valence-corrected chi connectivity index (χ2v) is 10.7. The maximum atomic E-state index is 12.4. The van der Waals surface area contributed by atoms with E-state index >= 15 is 0 Å². The molecule has 0 unspecified atom stereocenters. The van der Waals surface area contributed by atoms with Gasteiger partial charge in [0.15, 0.2) is 4.34 Å². The molecule has 3 heterocycles. The summed E-state index contributed by atoms with van der Waals surface area (Å²) in [6.07, 6.45) is 0. The molecule has 0 aliphatic heterocycles. The van der Waals surface area contributed by atoms with Crippen molar-refractivity contribution in [2.24, 2.45) is 0 Å². The van der Waals surface area contributed by atoms with E-state index in [0.717, 1.165) is 24.7 Å². The number of aromatic nitrogens is 4. The standard InChI is InChI=1S/C16H21N5OS3/c1-7-8(2)23-13-10(7)12(22)17-11(18-13)9(3)24-15-21-20-14(25-15)19-16(4,5)6/h9H,1-6H3,(H,19,20)(H,17,18,22)/t9-/m0/s1. The highest BCUT2D eigenvalue weighted by Gasteiger charge is 2.19. The molecular weight excluding hydrogens is 374 g/mol. The molecule has 3 aromatic heterocycles. The van der Waals surface area contributed by atoms with Gasteiger partial charge in [-0.1, -0.05) is 23.1 Å². The number of fused-ring (bicyclic) bond motifs is 1. The lowest BCUT2D eigenvalue weighted by molar-refractivity contribution is 0.631. The van der Waals surface area contributed by atoms with Crippen molar-refractivity contribution in [3.8, 4) is 0 Å². The van der Waals surface area contributed by atoms with Crippen molar-refractivity contribution in [1.29, 1.82) is 0 Å². The summed E-state index contributed by atoms with van der Waals surface area (Å²) in [6, 6.07) is 0. The highest BCUT2D eigenvalue weighted by Crippen LogP contribution is 2.37. The number of rotatable bonds is 4. The van der Waals surface area contributed by atoms with Crippen LogP contribution in [0.5, 0.6) is 0 Å². The molecule has 0 spiro atoms. The van der Waals surface area contributed by atoms with Gasteiger partial charge in [-0.15, -0.1) is 21.5 Å². The Morgan fingerprint density at radius 3 is 2.60 bits per heavy atom. The number of thioether (sulfide) groups is 1. The molecule has 0 radical (unpaired) electrons. The van der Waals surface area contributed by atoms with E-state index in [0.29, 0.717) is 11.2 Å². The summed E-state index contributed by atoms with van der Waals surface area (Å²) in [5.41, 5.74) is 0.893. The lowest BCUT2D eigenvalue weighted by Crippen LogP contribution is -2.25. The molecule has 3 aromatic rings.